The van der Waals surface area contributed by atoms with E-state index in [-0.39, 0.29) is 24.3 Å². The minimum Gasteiger partial charge on any atom is -0.444 e. The van der Waals surface area contributed by atoms with Gasteiger partial charge in [0.15, 0.2) is 10.4 Å². The van der Waals surface area contributed by atoms with Crippen molar-refractivity contribution in [3.8, 4) is 0 Å². The molecule has 2 amide bonds. The second kappa shape index (κ2) is 6.72. The summed E-state index contributed by atoms with van der Waals surface area (Å²) in [7, 11) is 0. The first kappa shape index (κ1) is 14.1. The smallest absolute Gasteiger partial charge is 0.287 e. The second-order valence-corrected chi connectivity index (χ2v) is 5.01. The van der Waals surface area contributed by atoms with E-state index in [1.54, 1.807) is 6.07 Å². The summed E-state index contributed by atoms with van der Waals surface area (Å²) in [5.74, 6) is -0.494. The first-order chi connectivity index (χ1) is 9.15. The van der Waals surface area contributed by atoms with Gasteiger partial charge in [0.25, 0.3) is 5.91 Å². The third-order valence-electron chi connectivity index (χ3n) is 2.76. The monoisotopic (exact) mass is 330 g/mol. The summed E-state index contributed by atoms with van der Waals surface area (Å²) in [4.78, 5) is 23.1. The minimum atomic E-state index is -0.419. The van der Waals surface area contributed by atoms with Crippen molar-refractivity contribution in [2.24, 2.45) is 0 Å². The van der Waals surface area contributed by atoms with Gasteiger partial charge in [-0.3, -0.25) is 9.59 Å². The Kier molecular flexibility index (Phi) is 4.98. The molecular formula is C12H15BrN2O4. The highest BCUT2D eigenvalue weighted by Crippen LogP contribution is 2.13. The van der Waals surface area contributed by atoms with Gasteiger partial charge in [-0.05, 0) is 40.9 Å². The molecule has 19 heavy (non-hydrogen) atoms. The van der Waals surface area contributed by atoms with E-state index in [0.717, 1.165) is 19.4 Å². The van der Waals surface area contributed by atoms with Gasteiger partial charge in [0.05, 0.1) is 12.6 Å². The van der Waals surface area contributed by atoms with E-state index >= 15 is 0 Å². The summed E-state index contributed by atoms with van der Waals surface area (Å²) in [5, 5.41) is 5.20. The van der Waals surface area contributed by atoms with Crippen molar-refractivity contribution in [1.29, 1.82) is 0 Å². The number of halogens is 1. The van der Waals surface area contributed by atoms with Crippen LogP contribution in [0.2, 0.25) is 0 Å². The van der Waals surface area contributed by atoms with E-state index in [1.165, 1.54) is 6.07 Å². The van der Waals surface area contributed by atoms with Crippen molar-refractivity contribution >= 4 is 27.7 Å². The SMILES string of the molecule is O=C(CNC(=O)c1ccc(Br)o1)NC[C@@H]1CCCO1. The maximum absolute atomic E-state index is 11.6. The molecule has 1 aromatic heterocycles. The highest BCUT2D eigenvalue weighted by Gasteiger charge is 2.16. The van der Waals surface area contributed by atoms with Crippen LogP contribution in [0.1, 0.15) is 23.4 Å². The first-order valence-electron chi connectivity index (χ1n) is 6.07. The number of hydrogen-bond acceptors (Lipinski definition) is 4. The van der Waals surface area contributed by atoms with Crippen LogP contribution in [-0.4, -0.2) is 37.6 Å². The molecule has 1 fully saturated rings. The number of carbonyl (C=O) groups is 2. The van der Waals surface area contributed by atoms with E-state index in [2.05, 4.69) is 26.6 Å². The van der Waals surface area contributed by atoms with Crippen molar-refractivity contribution in [2.45, 2.75) is 18.9 Å². The summed E-state index contributed by atoms with van der Waals surface area (Å²) in [6.07, 6.45) is 2.10. The zero-order chi connectivity index (χ0) is 13.7. The Morgan fingerprint density at radius 3 is 2.84 bits per heavy atom. The van der Waals surface area contributed by atoms with Gasteiger partial charge in [-0.2, -0.15) is 0 Å². The zero-order valence-corrected chi connectivity index (χ0v) is 11.9. The number of amides is 2. The second-order valence-electron chi connectivity index (χ2n) is 4.23. The van der Waals surface area contributed by atoms with Crippen LogP contribution in [0, 0.1) is 0 Å². The van der Waals surface area contributed by atoms with E-state index in [9.17, 15) is 9.59 Å². The van der Waals surface area contributed by atoms with Crippen molar-refractivity contribution in [3.05, 3.63) is 22.6 Å². The van der Waals surface area contributed by atoms with E-state index in [0.29, 0.717) is 11.2 Å². The quantitative estimate of drug-likeness (QED) is 0.846. The molecule has 1 atom stereocenters. The molecule has 1 aromatic rings. The number of furan rings is 1. The zero-order valence-electron chi connectivity index (χ0n) is 10.3. The van der Waals surface area contributed by atoms with Crippen LogP contribution >= 0.6 is 15.9 Å². The molecule has 1 aliphatic heterocycles. The van der Waals surface area contributed by atoms with Crippen LogP contribution in [0.3, 0.4) is 0 Å². The highest BCUT2D eigenvalue weighted by molar-refractivity contribution is 9.10. The molecule has 2 heterocycles. The lowest BCUT2D eigenvalue weighted by Crippen LogP contribution is -2.39. The number of hydrogen-bond donors (Lipinski definition) is 2. The molecule has 0 spiro atoms. The molecule has 0 unspecified atom stereocenters. The van der Waals surface area contributed by atoms with Gasteiger partial charge in [0.2, 0.25) is 5.91 Å². The fraction of sp³-hybridized carbons (Fsp3) is 0.500. The van der Waals surface area contributed by atoms with Crippen molar-refractivity contribution in [3.63, 3.8) is 0 Å². The maximum Gasteiger partial charge on any atom is 0.287 e. The number of carbonyl (C=O) groups excluding carboxylic acids is 2. The van der Waals surface area contributed by atoms with Gasteiger partial charge < -0.3 is 19.8 Å². The number of rotatable bonds is 5. The van der Waals surface area contributed by atoms with Gasteiger partial charge in [0.1, 0.15) is 0 Å². The van der Waals surface area contributed by atoms with Crippen LogP contribution in [-0.2, 0) is 9.53 Å². The Morgan fingerprint density at radius 1 is 1.37 bits per heavy atom. The van der Waals surface area contributed by atoms with Crippen LogP contribution in [0.4, 0.5) is 0 Å². The summed E-state index contributed by atoms with van der Waals surface area (Å²) in [6, 6.07) is 3.15. The molecule has 6 nitrogen and oxygen atoms in total. The van der Waals surface area contributed by atoms with E-state index < -0.39 is 5.91 Å². The third-order valence-corrected chi connectivity index (χ3v) is 3.18. The highest BCUT2D eigenvalue weighted by atomic mass is 79.9. The lowest BCUT2D eigenvalue weighted by molar-refractivity contribution is -0.120. The Labute approximate surface area is 119 Å². The lowest BCUT2D eigenvalue weighted by atomic mass is 10.2. The molecular weight excluding hydrogens is 316 g/mol. The molecule has 2 rings (SSSR count). The lowest BCUT2D eigenvalue weighted by Gasteiger charge is -2.10. The van der Waals surface area contributed by atoms with Gasteiger partial charge in [-0.15, -0.1) is 0 Å². The van der Waals surface area contributed by atoms with Crippen molar-refractivity contribution in [2.75, 3.05) is 19.7 Å². The molecule has 2 N–H and O–H groups in total. The molecule has 7 heteroatoms. The molecule has 1 saturated heterocycles. The van der Waals surface area contributed by atoms with Crippen LogP contribution in [0.15, 0.2) is 21.2 Å². The summed E-state index contributed by atoms with van der Waals surface area (Å²) in [6.45, 7) is 1.16. The fourth-order valence-electron chi connectivity index (χ4n) is 1.78. The molecule has 104 valence electrons. The Morgan fingerprint density at radius 2 is 2.21 bits per heavy atom. The molecule has 0 saturated carbocycles. The third kappa shape index (κ3) is 4.36. The van der Waals surface area contributed by atoms with Crippen molar-refractivity contribution in [1.82, 2.24) is 10.6 Å². The summed E-state index contributed by atoms with van der Waals surface area (Å²) >= 11 is 3.10. The molecule has 0 aliphatic carbocycles. The number of nitrogens with one attached hydrogen (secondary N) is 2. The van der Waals surface area contributed by atoms with Gasteiger partial charge >= 0.3 is 0 Å². The predicted molar refractivity (Wildman–Crippen MR) is 70.7 cm³/mol. The summed E-state index contributed by atoms with van der Waals surface area (Å²) in [5.41, 5.74) is 0. The fourth-order valence-corrected chi connectivity index (χ4v) is 2.09. The average Bonchev–Trinajstić information content (AvgIpc) is 3.04. The van der Waals surface area contributed by atoms with Gasteiger partial charge in [0, 0.05) is 13.2 Å². The Bertz CT molecular complexity index is 454. The Balaban J connectivity index is 1.66. The Hall–Kier alpha value is -1.34. The van der Waals surface area contributed by atoms with E-state index in [1.807, 2.05) is 0 Å². The van der Waals surface area contributed by atoms with Gasteiger partial charge in [-0.25, -0.2) is 0 Å². The summed E-state index contributed by atoms with van der Waals surface area (Å²) < 4.78 is 10.9. The molecule has 0 radical (unpaired) electrons. The van der Waals surface area contributed by atoms with Crippen LogP contribution < -0.4 is 10.6 Å². The minimum absolute atomic E-state index is 0.0795. The van der Waals surface area contributed by atoms with Crippen LogP contribution in [0.5, 0.6) is 0 Å². The predicted octanol–water partition coefficient (Wildman–Crippen LogP) is 1.07. The van der Waals surface area contributed by atoms with Crippen LogP contribution in [0.25, 0.3) is 0 Å². The largest absolute Gasteiger partial charge is 0.444 e. The standard InChI is InChI=1S/C12H15BrN2O4/c13-10-4-3-9(19-10)12(17)15-7-11(16)14-6-8-2-1-5-18-8/h3-4,8H,1-2,5-7H2,(H,14,16)(H,15,17)/t8-/m0/s1. The first-order valence-corrected chi connectivity index (χ1v) is 6.86. The average molecular weight is 331 g/mol. The van der Waals surface area contributed by atoms with Crippen molar-refractivity contribution < 1.29 is 18.7 Å². The topological polar surface area (TPSA) is 80.6 Å². The normalized spacial score (nSPS) is 18.3. The molecule has 0 aromatic carbocycles. The maximum atomic E-state index is 11.6. The molecule has 1 aliphatic rings. The molecule has 0 bridgehead atoms. The van der Waals surface area contributed by atoms with Gasteiger partial charge in [-0.1, -0.05) is 0 Å². The van der Waals surface area contributed by atoms with E-state index in [4.69, 9.17) is 9.15 Å². The number of ether oxygens (including phenoxy) is 1.